The van der Waals surface area contributed by atoms with E-state index in [9.17, 15) is 0 Å². The summed E-state index contributed by atoms with van der Waals surface area (Å²) >= 11 is 8.14. The van der Waals surface area contributed by atoms with Crippen molar-refractivity contribution >= 4 is 23.4 Å². The summed E-state index contributed by atoms with van der Waals surface area (Å²) in [7, 11) is 2.15. The van der Waals surface area contributed by atoms with Crippen LogP contribution in [-0.2, 0) is 0 Å². The van der Waals surface area contributed by atoms with Crippen LogP contribution in [0.2, 0.25) is 5.02 Å². The smallest absolute Gasteiger partial charge is 0.0461 e. The van der Waals surface area contributed by atoms with Gasteiger partial charge in [0.05, 0.1) is 0 Å². The summed E-state index contributed by atoms with van der Waals surface area (Å²) in [6.45, 7) is 3.13. The molecule has 0 bridgehead atoms. The van der Waals surface area contributed by atoms with Crippen LogP contribution in [0.25, 0.3) is 0 Å². The Kier molecular flexibility index (Phi) is 4.36. The third-order valence-electron chi connectivity index (χ3n) is 3.44. The monoisotopic (exact) mass is 270 g/mol. The number of hydrogen-bond acceptors (Lipinski definition) is 3. The third kappa shape index (κ3) is 2.97. The zero-order valence-corrected chi connectivity index (χ0v) is 11.9. The van der Waals surface area contributed by atoms with Crippen molar-refractivity contribution in [1.82, 2.24) is 4.90 Å². The summed E-state index contributed by atoms with van der Waals surface area (Å²) in [5, 5.41) is 0.809. The molecule has 0 amide bonds. The van der Waals surface area contributed by atoms with E-state index in [0.717, 1.165) is 28.4 Å². The van der Waals surface area contributed by atoms with Crippen molar-refractivity contribution in [3.63, 3.8) is 0 Å². The van der Waals surface area contributed by atoms with Crippen molar-refractivity contribution < 1.29 is 0 Å². The van der Waals surface area contributed by atoms with Gasteiger partial charge < -0.3 is 5.73 Å². The first kappa shape index (κ1) is 13.2. The van der Waals surface area contributed by atoms with Crippen molar-refractivity contribution in [2.24, 2.45) is 5.73 Å². The summed E-state index contributed by atoms with van der Waals surface area (Å²) in [4.78, 5) is 2.36. The second-order valence-electron chi connectivity index (χ2n) is 4.66. The maximum Gasteiger partial charge on any atom is 0.0461 e. The Bertz CT molecular complexity index is 397. The van der Waals surface area contributed by atoms with Gasteiger partial charge >= 0.3 is 0 Å². The van der Waals surface area contributed by atoms with E-state index in [1.165, 1.54) is 5.75 Å². The number of nitrogens with two attached hydrogens (primary N) is 1. The predicted molar refractivity (Wildman–Crippen MR) is 76.9 cm³/mol. The molecule has 0 spiro atoms. The van der Waals surface area contributed by atoms with Crippen LogP contribution in [-0.4, -0.2) is 36.0 Å². The van der Waals surface area contributed by atoms with Crippen molar-refractivity contribution in [3.8, 4) is 0 Å². The lowest BCUT2D eigenvalue weighted by molar-refractivity contribution is 0.237. The molecule has 1 aliphatic heterocycles. The van der Waals surface area contributed by atoms with Gasteiger partial charge in [0.2, 0.25) is 0 Å². The van der Waals surface area contributed by atoms with Crippen molar-refractivity contribution in [2.75, 3.05) is 25.1 Å². The molecule has 0 aliphatic carbocycles. The largest absolute Gasteiger partial charge is 0.323 e. The molecule has 2 nitrogen and oxygen atoms in total. The molecule has 2 N–H and O–H groups in total. The minimum absolute atomic E-state index is 0.0471. The fourth-order valence-corrected chi connectivity index (χ4v) is 3.60. The molecule has 1 aliphatic rings. The number of benzene rings is 1. The molecule has 1 aromatic carbocycles. The zero-order chi connectivity index (χ0) is 12.4. The van der Waals surface area contributed by atoms with Gasteiger partial charge in [-0.3, -0.25) is 4.90 Å². The van der Waals surface area contributed by atoms with Crippen LogP contribution in [0.5, 0.6) is 0 Å². The summed E-state index contributed by atoms with van der Waals surface area (Å²) in [6, 6.07) is 6.61. The molecule has 0 aromatic heterocycles. The first-order valence-electron chi connectivity index (χ1n) is 5.89. The Labute approximate surface area is 113 Å². The Morgan fingerprint density at radius 1 is 1.53 bits per heavy atom. The Morgan fingerprint density at radius 2 is 2.29 bits per heavy atom. The third-order valence-corrected chi connectivity index (χ3v) is 4.89. The maximum atomic E-state index is 6.37. The summed E-state index contributed by atoms with van der Waals surface area (Å²) in [6.07, 6.45) is 0. The normalized spacial score (nSPS) is 23.6. The molecule has 4 heteroatoms. The number of aryl methyl sites for hydroxylation is 1. The lowest BCUT2D eigenvalue weighted by Crippen LogP contribution is -2.46. The van der Waals surface area contributed by atoms with Gasteiger partial charge in [-0.2, -0.15) is 11.8 Å². The summed E-state index contributed by atoms with van der Waals surface area (Å²) in [5.74, 6) is 2.30. The average molecular weight is 271 g/mol. The zero-order valence-electron chi connectivity index (χ0n) is 10.3. The van der Waals surface area contributed by atoms with E-state index in [0.29, 0.717) is 6.04 Å². The van der Waals surface area contributed by atoms with Crippen molar-refractivity contribution in [2.45, 2.75) is 19.0 Å². The van der Waals surface area contributed by atoms with E-state index < -0.39 is 0 Å². The van der Waals surface area contributed by atoms with Crippen molar-refractivity contribution in [3.05, 3.63) is 34.3 Å². The molecule has 0 saturated carbocycles. The first-order valence-corrected chi connectivity index (χ1v) is 7.42. The van der Waals surface area contributed by atoms with Crippen LogP contribution >= 0.6 is 23.4 Å². The molecule has 94 valence electrons. The minimum Gasteiger partial charge on any atom is -0.323 e. The van der Waals surface area contributed by atoms with E-state index >= 15 is 0 Å². The molecule has 1 fully saturated rings. The molecule has 2 rings (SSSR count). The van der Waals surface area contributed by atoms with Gasteiger partial charge in [0, 0.05) is 35.2 Å². The lowest BCUT2D eigenvalue weighted by atomic mass is 9.99. The van der Waals surface area contributed by atoms with Crippen LogP contribution in [0.1, 0.15) is 17.2 Å². The summed E-state index contributed by atoms with van der Waals surface area (Å²) < 4.78 is 0. The first-order chi connectivity index (χ1) is 8.09. The lowest BCUT2D eigenvalue weighted by Gasteiger charge is -2.36. The fourth-order valence-electron chi connectivity index (χ4n) is 2.12. The van der Waals surface area contributed by atoms with Gasteiger partial charge in [0.25, 0.3) is 0 Å². The predicted octanol–water partition coefficient (Wildman–Crippen LogP) is 2.70. The van der Waals surface area contributed by atoms with Crippen LogP contribution in [0.15, 0.2) is 18.2 Å². The molecule has 17 heavy (non-hydrogen) atoms. The number of likely N-dealkylation sites (N-methyl/N-ethyl adjacent to an activating group) is 1. The van der Waals surface area contributed by atoms with Crippen LogP contribution in [0, 0.1) is 6.92 Å². The maximum absolute atomic E-state index is 6.37. The SMILES string of the molecule is Cc1ccc(C(N)C2CSCCN2C)cc1Cl. The van der Waals surface area contributed by atoms with Gasteiger partial charge in [0.1, 0.15) is 0 Å². The number of nitrogens with zero attached hydrogens (tertiary/aromatic N) is 1. The number of thioether (sulfide) groups is 1. The van der Waals surface area contributed by atoms with Gasteiger partial charge in [-0.1, -0.05) is 23.7 Å². The highest BCUT2D eigenvalue weighted by Crippen LogP contribution is 2.27. The second kappa shape index (κ2) is 5.61. The molecule has 2 unspecified atom stereocenters. The standard InChI is InChI=1S/C13H19ClN2S/c1-9-3-4-10(7-11(9)14)13(15)12-8-17-6-5-16(12)2/h3-4,7,12-13H,5-6,8,15H2,1-2H3. The molecule has 1 saturated heterocycles. The highest BCUT2D eigenvalue weighted by molar-refractivity contribution is 7.99. The van der Waals surface area contributed by atoms with E-state index in [1.54, 1.807) is 0 Å². The highest BCUT2D eigenvalue weighted by atomic mass is 35.5. The number of halogens is 1. The van der Waals surface area contributed by atoms with Crippen LogP contribution in [0.4, 0.5) is 0 Å². The van der Waals surface area contributed by atoms with Crippen LogP contribution < -0.4 is 5.73 Å². The Hall–Kier alpha value is -0.220. The minimum atomic E-state index is 0.0471. The van der Waals surface area contributed by atoms with E-state index in [4.69, 9.17) is 17.3 Å². The van der Waals surface area contributed by atoms with Crippen molar-refractivity contribution in [1.29, 1.82) is 0 Å². The van der Waals surface area contributed by atoms with Gasteiger partial charge in [-0.25, -0.2) is 0 Å². The fraction of sp³-hybridized carbons (Fsp3) is 0.538. The van der Waals surface area contributed by atoms with E-state index in [1.807, 2.05) is 30.8 Å². The topological polar surface area (TPSA) is 29.3 Å². The molecule has 2 atom stereocenters. The molecule has 1 heterocycles. The molecule has 1 aromatic rings. The van der Waals surface area contributed by atoms with Gasteiger partial charge in [0.15, 0.2) is 0 Å². The molecular weight excluding hydrogens is 252 g/mol. The van der Waals surface area contributed by atoms with Gasteiger partial charge in [-0.05, 0) is 31.2 Å². The highest BCUT2D eigenvalue weighted by Gasteiger charge is 2.26. The Balaban J connectivity index is 2.17. The van der Waals surface area contributed by atoms with E-state index in [2.05, 4.69) is 18.0 Å². The summed E-state index contributed by atoms with van der Waals surface area (Å²) in [5.41, 5.74) is 8.61. The quantitative estimate of drug-likeness (QED) is 0.896. The average Bonchev–Trinajstić information content (AvgIpc) is 2.32. The van der Waals surface area contributed by atoms with E-state index in [-0.39, 0.29) is 6.04 Å². The number of hydrogen-bond donors (Lipinski definition) is 1. The molecular formula is C13H19ClN2S. The number of rotatable bonds is 2. The van der Waals surface area contributed by atoms with Crippen LogP contribution in [0.3, 0.4) is 0 Å². The molecule has 0 radical (unpaired) electrons. The Morgan fingerprint density at radius 3 is 2.94 bits per heavy atom. The van der Waals surface area contributed by atoms with Gasteiger partial charge in [-0.15, -0.1) is 0 Å². The second-order valence-corrected chi connectivity index (χ2v) is 6.21.